The average molecular weight is 368 g/mol. The Kier molecular flexibility index (Phi) is 5.78. The van der Waals surface area contributed by atoms with Crippen LogP contribution in [0.2, 0.25) is 0 Å². The summed E-state index contributed by atoms with van der Waals surface area (Å²) in [5.74, 6) is -0.118. The van der Waals surface area contributed by atoms with Gasteiger partial charge in [0.2, 0.25) is 0 Å². The first-order chi connectivity index (χ1) is 12.6. The molecule has 5 nitrogen and oxygen atoms in total. The number of aryl methyl sites for hydroxylation is 2. The van der Waals surface area contributed by atoms with Crippen LogP contribution in [-0.4, -0.2) is 18.0 Å². The highest BCUT2D eigenvalue weighted by Gasteiger charge is 2.13. The zero-order valence-corrected chi connectivity index (χ0v) is 15.7. The molecule has 1 aromatic carbocycles. The van der Waals surface area contributed by atoms with E-state index in [1.54, 1.807) is 18.5 Å². The van der Waals surface area contributed by atoms with Gasteiger partial charge in [-0.15, -0.1) is 11.3 Å². The number of carbonyl (C=O) groups is 1. The lowest BCUT2D eigenvalue weighted by molar-refractivity contribution is -0.282. The van der Waals surface area contributed by atoms with E-state index in [9.17, 15) is 4.79 Å². The van der Waals surface area contributed by atoms with Crippen LogP contribution >= 0.6 is 11.3 Å². The summed E-state index contributed by atoms with van der Waals surface area (Å²) in [5.41, 5.74) is 4.95. The number of hydrogen-bond donors (Lipinski definition) is 1. The van der Waals surface area contributed by atoms with Crippen LogP contribution in [0.25, 0.3) is 10.4 Å². The smallest absolute Gasteiger partial charge is 0.265 e. The van der Waals surface area contributed by atoms with Gasteiger partial charge < -0.3 is 5.32 Å². The van der Waals surface area contributed by atoms with Crippen LogP contribution in [0.5, 0.6) is 0 Å². The van der Waals surface area contributed by atoms with Crippen LogP contribution in [0.15, 0.2) is 48.8 Å². The number of pyridine rings is 1. The third-order valence-electron chi connectivity index (χ3n) is 4.01. The molecular weight excluding hydrogens is 348 g/mol. The molecule has 3 rings (SSSR count). The van der Waals surface area contributed by atoms with Gasteiger partial charge >= 0.3 is 0 Å². The summed E-state index contributed by atoms with van der Waals surface area (Å²) in [6.45, 7) is 4.35. The lowest BCUT2D eigenvalue weighted by atomic mass is 10.0. The SMILES string of the molecule is COOCc1ccc(C)c(-c2ccc(C(=O)Nc3ccncc3C)s2)c1. The maximum atomic E-state index is 12.5. The molecular formula is C20H20N2O3S. The molecule has 0 aliphatic rings. The molecule has 0 spiro atoms. The molecule has 0 saturated heterocycles. The van der Waals surface area contributed by atoms with Crippen molar-refractivity contribution in [3.8, 4) is 10.4 Å². The Morgan fingerprint density at radius 1 is 1.15 bits per heavy atom. The number of anilines is 1. The van der Waals surface area contributed by atoms with E-state index in [2.05, 4.69) is 28.2 Å². The van der Waals surface area contributed by atoms with Gasteiger partial charge in [0.1, 0.15) is 6.61 Å². The zero-order chi connectivity index (χ0) is 18.5. The van der Waals surface area contributed by atoms with Crippen LogP contribution in [0.1, 0.15) is 26.4 Å². The Morgan fingerprint density at radius 3 is 2.77 bits per heavy atom. The van der Waals surface area contributed by atoms with Crippen molar-refractivity contribution in [3.63, 3.8) is 0 Å². The number of hydrogen-bond acceptors (Lipinski definition) is 5. The minimum atomic E-state index is -0.118. The van der Waals surface area contributed by atoms with Crippen molar-refractivity contribution in [3.05, 3.63) is 70.4 Å². The zero-order valence-electron chi connectivity index (χ0n) is 14.9. The largest absolute Gasteiger partial charge is 0.321 e. The summed E-state index contributed by atoms with van der Waals surface area (Å²) in [7, 11) is 1.49. The van der Waals surface area contributed by atoms with E-state index in [4.69, 9.17) is 4.89 Å². The van der Waals surface area contributed by atoms with Crippen LogP contribution in [0.3, 0.4) is 0 Å². The van der Waals surface area contributed by atoms with E-state index in [-0.39, 0.29) is 5.91 Å². The summed E-state index contributed by atoms with van der Waals surface area (Å²) in [6.07, 6.45) is 3.39. The number of nitrogens with one attached hydrogen (secondary N) is 1. The Morgan fingerprint density at radius 2 is 2.00 bits per heavy atom. The van der Waals surface area contributed by atoms with Crippen molar-refractivity contribution < 1.29 is 14.6 Å². The summed E-state index contributed by atoms with van der Waals surface area (Å²) < 4.78 is 0. The number of amides is 1. The third kappa shape index (κ3) is 4.16. The molecule has 26 heavy (non-hydrogen) atoms. The molecule has 6 heteroatoms. The first kappa shape index (κ1) is 18.3. The predicted molar refractivity (Wildman–Crippen MR) is 103 cm³/mol. The van der Waals surface area contributed by atoms with Crippen molar-refractivity contribution in [2.24, 2.45) is 0 Å². The van der Waals surface area contributed by atoms with Gasteiger partial charge in [0.05, 0.1) is 12.0 Å². The van der Waals surface area contributed by atoms with E-state index in [1.165, 1.54) is 18.4 Å². The van der Waals surface area contributed by atoms with E-state index >= 15 is 0 Å². The standard InChI is InChI=1S/C20H20N2O3S/c1-13-4-5-15(12-25-24-3)10-16(13)18-6-7-19(26-18)20(23)22-17-8-9-21-11-14(17)2/h4-11H,12H2,1-3H3,(H,21,22,23). The summed E-state index contributed by atoms with van der Waals surface area (Å²) >= 11 is 1.47. The number of aromatic nitrogens is 1. The molecule has 0 aliphatic carbocycles. The number of benzene rings is 1. The molecule has 2 heterocycles. The van der Waals surface area contributed by atoms with Crippen molar-refractivity contribution >= 4 is 22.9 Å². The fourth-order valence-corrected chi connectivity index (χ4v) is 3.54. The van der Waals surface area contributed by atoms with Crippen LogP contribution in [0, 0.1) is 13.8 Å². The van der Waals surface area contributed by atoms with Gasteiger partial charge in [-0.3, -0.25) is 9.78 Å². The normalized spacial score (nSPS) is 10.7. The molecule has 1 N–H and O–H groups in total. The molecule has 0 unspecified atom stereocenters. The Bertz CT molecular complexity index is 921. The molecule has 2 aromatic heterocycles. The van der Waals surface area contributed by atoms with E-state index in [0.717, 1.165) is 32.8 Å². The Labute approximate surface area is 156 Å². The molecule has 3 aromatic rings. The predicted octanol–water partition coefficient (Wildman–Crippen LogP) is 4.76. The highest BCUT2D eigenvalue weighted by atomic mass is 32.1. The highest BCUT2D eigenvalue weighted by Crippen LogP contribution is 2.32. The van der Waals surface area contributed by atoms with Crippen LogP contribution < -0.4 is 5.32 Å². The lowest BCUT2D eigenvalue weighted by Crippen LogP contribution is -2.11. The van der Waals surface area contributed by atoms with Gasteiger partial charge in [-0.1, -0.05) is 12.1 Å². The maximum Gasteiger partial charge on any atom is 0.265 e. The Hall–Kier alpha value is -2.54. The third-order valence-corrected chi connectivity index (χ3v) is 5.13. The topological polar surface area (TPSA) is 60.5 Å². The van der Waals surface area contributed by atoms with E-state index in [1.807, 2.05) is 31.2 Å². The number of rotatable bonds is 6. The maximum absolute atomic E-state index is 12.5. The van der Waals surface area contributed by atoms with Gasteiger partial charge in [0.15, 0.2) is 0 Å². The molecule has 0 radical (unpaired) electrons. The van der Waals surface area contributed by atoms with Gasteiger partial charge in [0.25, 0.3) is 5.91 Å². The second-order valence-electron chi connectivity index (χ2n) is 5.89. The minimum absolute atomic E-state index is 0.118. The first-order valence-electron chi connectivity index (χ1n) is 8.16. The second kappa shape index (κ2) is 8.23. The summed E-state index contributed by atoms with van der Waals surface area (Å²) in [6, 6.07) is 11.7. The second-order valence-corrected chi connectivity index (χ2v) is 6.97. The fourth-order valence-electron chi connectivity index (χ4n) is 2.55. The Balaban J connectivity index is 1.81. The van der Waals surface area contributed by atoms with Gasteiger partial charge in [0, 0.05) is 23.0 Å². The van der Waals surface area contributed by atoms with Crippen LogP contribution in [-0.2, 0) is 16.4 Å². The van der Waals surface area contributed by atoms with Crippen molar-refractivity contribution in [1.29, 1.82) is 0 Å². The summed E-state index contributed by atoms with van der Waals surface area (Å²) in [4.78, 5) is 28.0. The number of carbonyl (C=O) groups excluding carboxylic acids is 1. The fraction of sp³-hybridized carbons (Fsp3) is 0.200. The van der Waals surface area contributed by atoms with Crippen molar-refractivity contribution in [2.45, 2.75) is 20.5 Å². The van der Waals surface area contributed by atoms with E-state index < -0.39 is 0 Å². The molecule has 0 atom stereocenters. The average Bonchev–Trinajstić information content (AvgIpc) is 3.13. The van der Waals surface area contributed by atoms with Gasteiger partial charge in [-0.25, -0.2) is 9.78 Å². The molecule has 0 bridgehead atoms. The van der Waals surface area contributed by atoms with Crippen molar-refractivity contribution in [1.82, 2.24) is 4.98 Å². The number of thiophene rings is 1. The highest BCUT2D eigenvalue weighted by molar-refractivity contribution is 7.17. The first-order valence-corrected chi connectivity index (χ1v) is 8.97. The van der Waals surface area contributed by atoms with Crippen LogP contribution in [0.4, 0.5) is 5.69 Å². The van der Waals surface area contributed by atoms with Gasteiger partial charge in [-0.2, -0.15) is 0 Å². The molecule has 1 amide bonds. The van der Waals surface area contributed by atoms with Gasteiger partial charge in [-0.05, 0) is 60.4 Å². The number of nitrogens with zero attached hydrogens (tertiary/aromatic N) is 1. The van der Waals surface area contributed by atoms with E-state index in [0.29, 0.717) is 11.5 Å². The molecule has 0 fully saturated rings. The minimum Gasteiger partial charge on any atom is -0.321 e. The molecule has 0 saturated carbocycles. The molecule has 0 aliphatic heterocycles. The summed E-state index contributed by atoms with van der Waals surface area (Å²) in [5, 5.41) is 2.94. The lowest BCUT2D eigenvalue weighted by Gasteiger charge is -2.07. The van der Waals surface area contributed by atoms with Crippen molar-refractivity contribution in [2.75, 3.05) is 12.4 Å². The quantitative estimate of drug-likeness (QED) is 0.503. The molecule has 134 valence electrons. The monoisotopic (exact) mass is 368 g/mol.